The van der Waals surface area contributed by atoms with Crippen LogP contribution in [0.1, 0.15) is 26.6 Å². The molecule has 1 N–H and O–H groups in total. The van der Waals surface area contributed by atoms with Crippen molar-refractivity contribution in [2.24, 2.45) is 0 Å². The molecule has 3 rings (SSSR count). The summed E-state index contributed by atoms with van der Waals surface area (Å²) in [5, 5.41) is 5.77. The number of benzene rings is 2. The van der Waals surface area contributed by atoms with Gasteiger partial charge in [-0.25, -0.2) is 4.98 Å². The molecule has 0 atom stereocenters. The second-order valence-electron chi connectivity index (χ2n) is 4.87. The molecule has 1 aromatic heterocycles. The van der Waals surface area contributed by atoms with Gasteiger partial charge in [-0.15, -0.1) is 11.3 Å². The Kier molecular flexibility index (Phi) is 4.51. The summed E-state index contributed by atoms with van der Waals surface area (Å²) in [5.41, 5.74) is 2.73. The van der Waals surface area contributed by atoms with Gasteiger partial charge in [0.15, 0.2) is 0 Å². The molecule has 1 heterocycles. The number of para-hydroxylation sites is 1. The SMILES string of the molecule is Cc1nc(C#Cc2ccccc2C(=O)Nc2ccccc2)cs1. The third-order valence-corrected chi connectivity index (χ3v) is 3.92. The quantitative estimate of drug-likeness (QED) is 0.723. The lowest BCUT2D eigenvalue weighted by Crippen LogP contribution is -2.13. The first-order valence-electron chi connectivity index (χ1n) is 7.12. The number of thiazole rings is 1. The first-order valence-corrected chi connectivity index (χ1v) is 8.00. The molecule has 112 valence electrons. The van der Waals surface area contributed by atoms with E-state index < -0.39 is 0 Å². The molecule has 0 saturated carbocycles. The molecule has 2 aromatic carbocycles. The molecule has 0 aliphatic heterocycles. The second kappa shape index (κ2) is 6.91. The van der Waals surface area contributed by atoms with Gasteiger partial charge in [0.2, 0.25) is 0 Å². The van der Waals surface area contributed by atoms with E-state index in [-0.39, 0.29) is 5.91 Å². The smallest absolute Gasteiger partial charge is 0.256 e. The lowest BCUT2D eigenvalue weighted by atomic mass is 10.1. The number of nitrogens with zero attached hydrogens (tertiary/aromatic N) is 1. The molecule has 0 aliphatic carbocycles. The Labute approximate surface area is 139 Å². The first-order chi connectivity index (χ1) is 11.2. The van der Waals surface area contributed by atoms with E-state index in [0.29, 0.717) is 11.1 Å². The van der Waals surface area contributed by atoms with Gasteiger partial charge in [0.1, 0.15) is 5.69 Å². The maximum absolute atomic E-state index is 12.5. The van der Waals surface area contributed by atoms with Crippen LogP contribution in [0, 0.1) is 18.8 Å². The minimum absolute atomic E-state index is 0.171. The molecule has 23 heavy (non-hydrogen) atoms. The van der Waals surface area contributed by atoms with E-state index in [4.69, 9.17) is 0 Å². The Bertz CT molecular complexity index is 888. The van der Waals surface area contributed by atoms with Crippen molar-refractivity contribution in [2.75, 3.05) is 5.32 Å². The number of carbonyl (C=O) groups is 1. The van der Waals surface area contributed by atoms with Gasteiger partial charge in [0.25, 0.3) is 5.91 Å². The number of aromatic nitrogens is 1. The number of amides is 1. The van der Waals surface area contributed by atoms with Crippen LogP contribution in [0.2, 0.25) is 0 Å². The number of nitrogens with one attached hydrogen (secondary N) is 1. The topological polar surface area (TPSA) is 42.0 Å². The van der Waals surface area contributed by atoms with E-state index in [0.717, 1.165) is 16.4 Å². The molecular weight excluding hydrogens is 304 g/mol. The monoisotopic (exact) mass is 318 g/mol. The Morgan fingerprint density at radius 3 is 2.52 bits per heavy atom. The van der Waals surface area contributed by atoms with Crippen LogP contribution in [-0.4, -0.2) is 10.9 Å². The summed E-state index contributed by atoms with van der Waals surface area (Å²) >= 11 is 1.56. The largest absolute Gasteiger partial charge is 0.322 e. The molecule has 3 aromatic rings. The fourth-order valence-electron chi connectivity index (χ4n) is 2.06. The average molecular weight is 318 g/mol. The maximum Gasteiger partial charge on any atom is 0.256 e. The van der Waals surface area contributed by atoms with Crippen molar-refractivity contribution in [3.05, 3.63) is 81.8 Å². The summed E-state index contributed by atoms with van der Waals surface area (Å²) < 4.78 is 0. The van der Waals surface area contributed by atoms with Crippen molar-refractivity contribution in [3.63, 3.8) is 0 Å². The van der Waals surface area contributed by atoms with E-state index in [1.165, 1.54) is 0 Å². The zero-order valence-corrected chi connectivity index (χ0v) is 13.4. The van der Waals surface area contributed by atoms with E-state index >= 15 is 0 Å². The van der Waals surface area contributed by atoms with Crippen LogP contribution in [0.4, 0.5) is 5.69 Å². The molecule has 0 fully saturated rings. The number of anilines is 1. The highest BCUT2D eigenvalue weighted by Crippen LogP contribution is 2.13. The fourth-order valence-corrected chi connectivity index (χ4v) is 2.61. The molecule has 3 nitrogen and oxygen atoms in total. The third-order valence-electron chi connectivity index (χ3n) is 3.15. The standard InChI is InChI=1S/C19H14N2OS/c1-14-20-17(13-23-14)12-11-15-7-5-6-10-18(15)19(22)21-16-8-3-2-4-9-16/h2-10,13H,1H3,(H,21,22). The molecule has 0 radical (unpaired) electrons. The van der Waals surface area contributed by atoms with Crippen molar-refractivity contribution in [2.45, 2.75) is 6.92 Å². The van der Waals surface area contributed by atoms with Crippen molar-refractivity contribution in [3.8, 4) is 11.8 Å². The summed E-state index contributed by atoms with van der Waals surface area (Å²) in [6.45, 7) is 1.94. The van der Waals surface area contributed by atoms with Crippen molar-refractivity contribution in [1.29, 1.82) is 0 Å². The van der Waals surface area contributed by atoms with Crippen LogP contribution < -0.4 is 5.32 Å². The van der Waals surface area contributed by atoms with E-state index in [1.54, 1.807) is 17.4 Å². The highest BCUT2D eigenvalue weighted by molar-refractivity contribution is 7.09. The number of hydrogen-bond acceptors (Lipinski definition) is 3. The summed E-state index contributed by atoms with van der Waals surface area (Å²) in [6.07, 6.45) is 0. The zero-order chi connectivity index (χ0) is 16.1. The van der Waals surface area contributed by atoms with Gasteiger partial charge in [-0.3, -0.25) is 4.79 Å². The summed E-state index contributed by atoms with van der Waals surface area (Å²) in [7, 11) is 0. The summed E-state index contributed by atoms with van der Waals surface area (Å²) in [6, 6.07) is 16.7. The van der Waals surface area contributed by atoms with Gasteiger partial charge in [-0.1, -0.05) is 36.3 Å². The fraction of sp³-hybridized carbons (Fsp3) is 0.0526. The van der Waals surface area contributed by atoms with Crippen LogP contribution in [0.25, 0.3) is 0 Å². The normalized spacial score (nSPS) is 9.78. The van der Waals surface area contributed by atoms with Gasteiger partial charge in [-0.2, -0.15) is 0 Å². The van der Waals surface area contributed by atoms with Gasteiger partial charge >= 0.3 is 0 Å². The van der Waals surface area contributed by atoms with Crippen LogP contribution in [0.15, 0.2) is 60.0 Å². The molecule has 0 aliphatic rings. The molecule has 0 spiro atoms. The lowest BCUT2D eigenvalue weighted by Gasteiger charge is -2.06. The molecule has 4 heteroatoms. The summed E-state index contributed by atoms with van der Waals surface area (Å²) in [5.74, 6) is 5.88. The third kappa shape index (κ3) is 3.85. The number of rotatable bonds is 2. The van der Waals surface area contributed by atoms with Gasteiger partial charge in [0.05, 0.1) is 10.6 Å². The van der Waals surface area contributed by atoms with Gasteiger partial charge in [0, 0.05) is 16.6 Å². The zero-order valence-electron chi connectivity index (χ0n) is 12.5. The van der Waals surface area contributed by atoms with Crippen molar-refractivity contribution in [1.82, 2.24) is 4.98 Å². The molecule has 0 saturated heterocycles. The van der Waals surface area contributed by atoms with Gasteiger partial charge in [-0.05, 0) is 37.1 Å². The van der Waals surface area contributed by atoms with Crippen LogP contribution in [0.5, 0.6) is 0 Å². The van der Waals surface area contributed by atoms with Crippen molar-refractivity contribution < 1.29 is 4.79 Å². The minimum atomic E-state index is -0.171. The predicted molar refractivity (Wildman–Crippen MR) is 93.7 cm³/mol. The Morgan fingerprint density at radius 2 is 1.78 bits per heavy atom. The lowest BCUT2D eigenvalue weighted by molar-refractivity contribution is 0.102. The molecule has 0 unspecified atom stereocenters. The van der Waals surface area contributed by atoms with E-state index in [9.17, 15) is 4.79 Å². The Morgan fingerprint density at radius 1 is 1.04 bits per heavy atom. The van der Waals surface area contributed by atoms with Crippen LogP contribution in [-0.2, 0) is 0 Å². The minimum Gasteiger partial charge on any atom is -0.322 e. The van der Waals surface area contributed by atoms with Gasteiger partial charge < -0.3 is 5.32 Å². The Balaban J connectivity index is 1.86. The molecule has 1 amide bonds. The van der Waals surface area contributed by atoms with E-state index in [1.807, 2.05) is 60.8 Å². The van der Waals surface area contributed by atoms with Crippen molar-refractivity contribution >= 4 is 22.9 Å². The predicted octanol–water partition coefficient (Wildman–Crippen LogP) is 4.10. The number of carbonyl (C=O) groups excluding carboxylic acids is 1. The van der Waals surface area contributed by atoms with E-state index in [2.05, 4.69) is 22.1 Å². The van der Waals surface area contributed by atoms with Crippen LogP contribution in [0.3, 0.4) is 0 Å². The highest BCUT2D eigenvalue weighted by Gasteiger charge is 2.09. The number of aryl methyl sites for hydroxylation is 1. The maximum atomic E-state index is 12.5. The highest BCUT2D eigenvalue weighted by atomic mass is 32.1. The van der Waals surface area contributed by atoms with Crippen LogP contribution >= 0.6 is 11.3 Å². The average Bonchev–Trinajstić information content (AvgIpc) is 2.99. The molecule has 0 bridgehead atoms. The first kappa shape index (κ1) is 15.0. The molecular formula is C19H14N2OS. The Hall–Kier alpha value is -2.90. The number of hydrogen-bond donors (Lipinski definition) is 1. The second-order valence-corrected chi connectivity index (χ2v) is 5.93. The summed E-state index contributed by atoms with van der Waals surface area (Å²) in [4.78, 5) is 16.8.